The molecule has 1 unspecified atom stereocenters. The van der Waals surface area contributed by atoms with E-state index in [4.69, 9.17) is 0 Å². The number of rotatable bonds is 2. The van der Waals surface area contributed by atoms with Crippen molar-refractivity contribution in [2.45, 2.75) is 47.1 Å². The van der Waals surface area contributed by atoms with Gasteiger partial charge in [0.1, 0.15) is 0 Å². The largest absolute Gasteiger partial charge is 0.313 e. The van der Waals surface area contributed by atoms with Gasteiger partial charge in [0.2, 0.25) is 0 Å². The van der Waals surface area contributed by atoms with Crippen molar-refractivity contribution in [1.82, 2.24) is 10.2 Å². The van der Waals surface area contributed by atoms with Crippen molar-refractivity contribution in [1.29, 1.82) is 0 Å². The lowest BCUT2D eigenvalue weighted by molar-refractivity contribution is 0.245. The fourth-order valence-electron chi connectivity index (χ4n) is 3.41. The molecule has 16 heavy (non-hydrogen) atoms. The summed E-state index contributed by atoms with van der Waals surface area (Å²) in [6.45, 7) is 17.0. The lowest BCUT2D eigenvalue weighted by atomic mass is 10.0. The molecule has 0 aromatic heterocycles. The molecule has 1 heterocycles. The summed E-state index contributed by atoms with van der Waals surface area (Å²) in [5.41, 5.74) is 1.08. The Balaban J connectivity index is 1.91. The van der Waals surface area contributed by atoms with Crippen molar-refractivity contribution in [3.05, 3.63) is 0 Å². The summed E-state index contributed by atoms with van der Waals surface area (Å²) in [6, 6.07) is 0.660. The monoisotopic (exact) mass is 224 g/mol. The highest BCUT2D eigenvalue weighted by Gasteiger charge is 2.64. The van der Waals surface area contributed by atoms with Gasteiger partial charge in [-0.1, -0.05) is 27.7 Å². The molecule has 0 amide bonds. The van der Waals surface area contributed by atoms with Gasteiger partial charge in [0.05, 0.1) is 0 Å². The van der Waals surface area contributed by atoms with Gasteiger partial charge in [-0.15, -0.1) is 0 Å². The van der Waals surface area contributed by atoms with Gasteiger partial charge in [0, 0.05) is 19.1 Å². The van der Waals surface area contributed by atoms with E-state index in [9.17, 15) is 0 Å². The molecule has 2 fully saturated rings. The lowest BCUT2D eigenvalue weighted by Crippen LogP contribution is -2.36. The Hall–Kier alpha value is -0.0800. The smallest absolute Gasteiger partial charge is 0.0166 e. The average Bonchev–Trinajstić information content (AvgIpc) is 2.66. The van der Waals surface area contributed by atoms with E-state index in [1.54, 1.807) is 0 Å². The first-order valence-electron chi connectivity index (χ1n) is 6.81. The Bertz CT molecular complexity index is 243. The minimum Gasteiger partial charge on any atom is -0.313 e. The van der Waals surface area contributed by atoms with Crippen LogP contribution in [-0.2, 0) is 0 Å². The van der Waals surface area contributed by atoms with E-state index in [0.29, 0.717) is 16.9 Å². The predicted octanol–water partition coefficient (Wildman–Crippen LogP) is 2.35. The van der Waals surface area contributed by atoms with Crippen LogP contribution in [0, 0.1) is 16.7 Å². The Labute approximate surface area is 101 Å². The van der Waals surface area contributed by atoms with Crippen LogP contribution in [0.15, 0.2) is 0 Å². The summed E-state index contributed by atoms with van der Waals surface area (Å²) < 4.78 is 0. The summed E-state index contributed by atoms with van der Waals surface area (Å²) in [5.74, 6) is 0.880. The molecule has 94 valence electrons. The molecular weight excluding hydrogens is 196 g/mol. The molecule has 1 atom stereocenters. The van der Waals surface area contributed by atoms with Crippen LogP contribution in [0.3, 0.4) is 0 Å². The van der Waals surface area contributed by atoms with Crippen LogP contribution >= 0.6 is 0 Å². The number of hydrogen-bond acceptors (Lipinski definition) is 2. The van der Waals surface area contributed by atoms with Crippen molar-refractivity contribution in [3.8, 4) is 0 Å². The van der Waals surface area contributed by atoms with Gasteiger partial charge in [-0.3, -0.25) is 0 Å². The number of hydrogen-bond donors (Lipinski definition) is 1. The molecule has 0 bridgehead atoms. The van der Waals surface area contributed by atoms with Crippen LogP contribution in [0.1, 0.15) is 41.0 Å². The summed E-state index contributed by atoms with van der Waals surface area (Å²) in [5, 5.41) is 3.57. The van der Waals surface area contributed by atoms with Crippen LogP contribution in [-0.4, -0.2) is 37.1 Å². The Kier molecular flexibility index (Phi) is 3.09. The van der Waals surface area contributed by atoms with Crippen LogP contribution in [0.4, 0.5) is 0 Å². The Morgan fingerprint density at radius 2 is 1.81 bits per heavy atom. The molecule has 2 aliphatic rings. The second-order valence-electron chi connectivity index (χ2n) is 6.96. The summed E-state index contributed by atoms with van der Waals surface area (Å²) in [6.07, 6.45) is 1.30. The van der Waals surface area contributed by atoms with Gasteiger partial charge in [-0.25, -0.2) is 0 Å². The van der Waals surface area contributed by atoms with Crippen LogP contribution in [0.25, 0.3) is 0 Å². The third-order valence-corrected chi connectivity index (χ3v) is 5.44. The van der Waals surface area contributed by atoms with Crippen molar-refractivity contribution in [3.63, 3.8) is 0 Å². The standard InChI is InChI=1S/C14H28N2/c1-11-9-16(8-6-7-15-11)10-12-13(2,3)14(12,4)5/h11-12,15H,6-10H2,1-5H3. The summed E-state index contributed by atoms with van der Waals surface area (Å²) in [7, 11) is 0. The minimum atomic E-state index is 0.538. The molecule has 1 aliphatic heterocycles. The highest BCUT2D eigenvalue weighted by atomic mass is 15.2. The first kappa shape index (κ1) is 12.4. The first-order chi connectivity index (χ1) is 7.35. The van der Waals surface area contributed by atoms with Crippen molar-refractivity contribution >= 4 is 0 Å². The van der Waals surface area contributed by atoms with Gasteiger partial charge in [0.15, 0.2) is 0 Å². The fraction of sp³-hybridized carbons (Fsp3) is 1.00. The van der Waals surface area contributed by atoms with Crippen LogP contribution < -0.4 is 5.32 Å². The SMILES string of the molecule is CC1CN(CC2C(C)(C)C2(C)C)CCCN1. The second kappa shape index (κ2) is 3.99. The maximum atomic E-state index is 3.57. The zero-order chi connectivity index (χ0) is 12.0. The van der Waals surface area contributed by atoms with Crippen molar-refractivity contribution < 1.29 is 0 Å². The van der Waals surface area contributed by atoms with E-state index in [1.165, 1.54) is 32.6 Å². The van der Waals surface area contributed by atoms with E-state index < -0.39 is 0 Å². The molecule has 0 aromatic carbocycles. The molecule has 0 aromatic rings. The van der Waals surface area contributed by atoms with Crippen LogP contribution in [0.2, 0.25) is 0 Å². The molecule has 2 heteroatoms. The Morgan fingerprint density at radius 3 is 2.38 bits per heavy atom. The van der Waals surface area contributed by atoms with Crippen molar-refractivity contribution in [2.75, 3.05) is 26.2 Å². The maximum absolute atomic E-state index is 3.57. The van der Waals surface area contributed by atoms with E-state index in [-0.39, 0.29) is 0 Å². The maximum Gasteiger partial charge on any atom is 0.0166 e. The third kappa shape index (κ3) is 2.02. The average molecular weight is 224 g/mol. The molecule has 2 nitrogen and oxygen atoms in total. The highest BCUT2D eigenvalue weighted by Crippen LogP contribution is 2.68. The fourth-order valence-corrected chi connectivity index (χ4v) is 3.41. The molecule has 2 rings (SSSR count). The van der Waals surface area contributed by atoms with E-state index in [1.807, 2.05) is 0 Å². The summed E-state index contributed by atoms with van der Waals surface area (Å²) >= 11 is 0. The highest BCUT2D eigenvalue weighted by molar-refractivity contribution is 5.13. The molecule has 0 radical (unpaired) electrons. The molecule has 1 saturated carbocycles. The first-order valence-corrected chi connectivity index (χ1v) is 6.81. The normalized spacial score (nSPS) is 34.7. The lowest BCUT2D eigenvalue weighted by Gasteiger charge is -2.23. The molecule has 1 saturated heterocycles. The van der Waals surface area contributed by atoms with Crippen LogP contribution in [0.5, 0.6) is 0 Å². The zero-order valence-corrected chi connectivity index (χ0v) is 11.6. The number of nitrogens with one attached hydrogen (secondary N) is 1. The van der Waals surface area contributed by atoms with Gasteiger partial charge in [-0.05, 0) is 43.2 Å². The molecule has 1 aliphatic carbocycles. The second-order valence-corrected chi connectivity index (χ2v) is 6.96. The van der Waals surface area contributed by atoms with Gasteiger partial charge < -0.3 is 10.2 Å². The van der Waals surface area contributed by atoms with E-state index >= 15 is 0 Å². The summed E-state index contributed by atoms with van der Waals surface area (Å²) in [4.78, 5) is 2.67. The zero-order valence-electron chi connectivity index (χ0n) is 11.6. The molecular formula is C14H28N2. The Morgan fingerprint density at radius 1 is 1.19 bits per heavy atom. The topological polar surface area (TPSA) is 15.3 Å². The van der Waals surface area contributed by atoms with E-state index in [2.05, 4.69) is 44.8 Å². The molecule has 1 N–H and O–H groups in total. The third-order valence-electron chi connectivity index (χ3n) is 5.44. The number of nitrogens with zero attached hydrogens (tertiary/aromatic N) is 1. The van der Waals surface area contributed by atoms with Gasteiger partial charge >= 0.3 is 0 Å². The van der Waals surface area contributed by atoms with Gasteiger partial charge in [-0.2, -0.15) is 0 Å². The van der Waals surface area contributed by atoms with E-state index in [0.717, 1.165) is 5.92 Å². The van der Waals surface area contributed by atoms with Gasteiger partial charge in [0.25, 0.3) is 0 Å². The predicted molar refractivity (Wildman–Crippen MR) is 69.6 cm³/mol. The minimum absolute atomic E-state index is 0.538. The quantitative estimate of drug-likeness (QED) is 0.774. The van der Waals surface area contributed by atoms with Crippen molar-refractivity contribution in [2.24, 2.45) is 16.7 Å². The molecule has 0 spiro atoms.